The van der Waals surface area contributed by atoms with Gasteiger partial charge in [-0.3, -0.25) is 9.36 Å². The Morgan fingerprint density at radius 2 is 2.07 bits per heavy atom. The number of thiazole rings is 1. The van der Waals surface area contributed by atoms with Crippen LogP contribution < -0.4 is 14.9 Å². The summed E-state index contributed by atoms with van der Waals surface area (Å²) in [6.45, 7) is 3.80. The molecule has 6 nitrogen and oxygen atoms in total. The molecule has 1 N–H and O–H groups in total. The minimum Gasteiger partial charge on any atom is -0.463 e. The van der Waals surface area contributed by atoms with Crippen LogP contribution in [-0.4, -0.2) is 22.1 Å². The summed E-state index contributed by atoms with van der Waals surface area (Å²) < 4.78 is 7.42. The number of esters is 1. The van der Waals surface area contributed by atoms with Gasteiger partial charge in [0, 0.05) is 11.9 Å². The van der Waals surface area contributed by atoms with E-state index in [4.69, 9.17) is 4.74 Å². The van der Waals surface area contributed by atoms with Crippen LogP contribution in [-0.2, 0) is 9.53 Å². The molecule has 1 aromatic carbocycles. The van der Waals surface area contributed by atoms with Gasteiger partial charge in [0.25, 0.3) is 5.56 Å². The molecule has 0 aliphatic carbocycles. The number of aromatic amines is 1. The van der Waals surface area contributed by atoms with Gasteiger partial charge in [-0.25, -0.2) is 9.79 Å². The number of benzene rings is 1. The average Bonchev–Trinajstić information content (AvgIpc) is 3.30. The summed E-state index contributed by atoms with van der Waals surface area (Å²) >= 11 is 1.31. The summed E-state index contributed by atoms with van der Waals surface area (Å²) in [6, 6.07) is 12.7. The Hall–Kier alpha value is -3.19. The van der Waals surface area contributed by atoms with Crippen LogP contribution >= 0.6 is 11.3 Å². The molecule has 0 amide bonds. The second-order valence-electron chi connectivity index (χ2n) is 6.34. The molecule has 0 radical (unpaired) electrons. The van der Waals surface area contributed by atoms with Crippen molar-refractivity contribution in [3.63, 3.8) is 0 Å². The van der Waals surface area contributed by atoms with Crippen molar-refractivity contribution in [2.45, 2.75) is 19.9 Å². The Morgan fingerprint density at radius 1 is 1.29 bits per heavy atom. The molecule has 2 aromatic heterocycles. The highest BCUT2D eigenvalue weighted by Gasteiger charge is 2.33. The van der Waals surface area contributed by atoms with Crippen LogP contribution in [0.25, 0.3) is 6.08 Å². The van der Waals surface area contributed by atoms with E-state index in [-0.39, 0.29) is 12.2 Å². The summed E-state index contributed by atoms with van der Waals surface area (Å²) in [4.78, 5) is 34.2. The van der Waals surface area contributed by atoms with Gasteiger partial charge >= 0.3 is 5.97 Å². The fraction of sp³-hybridized carbons (Fsp3) is 0.190. The van der Waals surface area contributed by atoms with Crippen LogP contribution in [0.3, 0.4) is 0 Å². The molecule has 1 aliphatic heterocycles. The van der Waals surface area contributed by atoms with Crippen LogP contribution in [0, 0.1) is 0 Å². The highest BCUT2D eigenvalue weighted by Crippen LogP contribution is 2.30. The maximum Gasteiger partial charge on any atom is 0.338 e. The average molecular weight is 393 g/mol. The van der Waals surface area contributed by atoms with Gasteiger partial charge in [-0.05, 0) is 37.6 Å². The lowest BCUT2D eigenvalue weighted by molar-refractivity contribution is -0.139. The lowest BCUT2D eigenvalue weighted by Gasteiger charge is -2.24. The van der Waals surface area contributed by atoms with Crippen LogP contribution in [0.5, 0.6) is 0 Å². The number of carbonyl (C=O) groups is 1. The Bertz CT molecular complexity index is 1220. The number of nitrogens with zero attached hydrogens (tertiary/aromatic N) is 2. The van der Waals surface area contributed by atoms with Crippen LogP contribution in [0.2, 0.25) is 0 Å². The normalized spacial score (nSPS) is 16.6. The maximum absolute atomic E-state index is 13.2. The summed E-state index contributed by atoms with van der Waals surface area (Å²) in [5.41, 5.74) is 2.46. The first-order valence-corrected chi connectivity index (χ1v) is 9.79. The molecular formula is C21H19N3O3S. The molecule has 1 atom stereocenters. The van der Waals surface area contributed by atoms with Gasteiger partial charge in [0.1, 0.15) is 0 Å². The number of carbonyl (C=O) groups excluding carboxylic acids is 1. The van der Waals surface area contributed by atoms with E-state index in [1.165, 1.54) is 11.3 Å². The van der Waals surface area contributed by atoms with Crippen molar-refractivity contribution in [3.05, 3.63) is 90.9 Å². The molecule has 142 valence electrons. The van der Waals surface area contributed by atoms with Gasteiger partial charge in [-0.1, -0.05) is 41.7 Å². The topological polar surface area (TPSA) is 76.4 Å². The van der Waals surface area contributed by atoms with Crippen molar-refractivity contribution in [3.8, 4) is 0 Å². The SMILES string of the molecule is CCOC(=O)C1=C(C)N=c2s/c(=C/c3ccc[nH]3)c(=O)n2[C@@H]1c1ccccc1. The quantitative estimate of drug-likeness (QED) is 0.690. The Balaban J connectivity index is 1.97. The van der Waals surface area contributed by atoms with E-state index < -0.39 is 12.0 Å². The van der Waals surface area contributed by atoms with E-state index in [9.17, 15) is 9.59 Å². The summed E-state index contributed by atoms with van der Waals surface area (Å²) in [7, 11) is 0. The standard InChI is InChI=1S/C21H19N3O3S/c1-3-27-20(26)17-13(2)23-21-24(18(17)14-8-5-4-6-9-14)19(25)16(28-21)12-15-10-7-11-22-15/h4-12,18,22H,3H2,1-2H3/b16-12+/t18-/m1/s1. The number of hydrogen-bond acceptors (Lipinski definition) is 5. The minimum absolute atomic E-state index is 0.179. The summed E-state index contributed by atoms with van der Waals surface area (Å²) in [5.74, 6) is -0.448. The molecule has 0 bridgehead atoms. The molecule has 0 saturated carbocycles. The molecule has 4 rings (SSSR count). The third kappa shape index (κ3) is 3.14. The molecule has 0 spiro atoms. The fourth-order valence-corrected chi connectivity index (χ4v) is 4.35. The number of fused-ring (bicyclic) bond motifs is 1. The lowest BCUT2D eigenvalue weighted by atomic mass is 9.96. The number of allylic oxidation sites excluding steroid dienone is 1. The predicted molar refractivity (Wildman–Crippen MR) is 108 cm³/mol. The first-order chi connectivity index (χ1) is 13.6. The fourth-order valence-electron chi connectivity index (χ4n) is 3.32. The van der Waals surface area contributed by atoms with Crippen molar-refractivity contribution in [1.82, 2.24) is 9.55 Å². The van der Waals surface area contributed by atoms with Crippen molar-refractivity contribution in [2.75, 3.05) is 6.61 Å². The highest BCUT2D eigenvalue weighted by molar-refractivity contribution is 7.07. The largest absolute Gasteiger partial charge is 0.463 e. The molecular weight excluding hydrogens is 374 g/mol. The second kappa shape index (κ2) is 7.44. The van der Waals surface area contributed by atoms with E-state index in [0.717, 1.165) is 11.3 Å². The van der Waals surface area contributed by atoms with E-state index in [0.29, 0.717) is 20.6 Å². The third-order valence-electron chi connectivity index (χ3n) is 4.54. The van der Waals surface area contributed by atoms with E-state index in [1.807, 2.05) is 42.5 Å². The van der Waals surface area contributed by atoms with Crippen LogP contribution in [0.15, 0.2) is 69.7 Å². The molecule has 0 unspecified atom stereocenters. The number of rotatable bonds is 4. The summed E-state index contributed by atoms with van der Waals surface area (Å²) in [6.07, 6.45) is 3.61. The van der Waals surface area contributed by atoms with E-state index >= 15 is 0 Å². The van der Waals surface area contributed by atoms with Crippen molar-refractivity contribution in [1.29, 1.82) is 0 Å². The molecule has 1 aliphatic rings. The molecule has 0 fully saturated rings. The number of ether oxygens (including phenoxy) is 1. The molecule has 3 heterocycles. The zero-order valence-corrected chi connectivity index (χ0v) is 16.3. The number of aromatic nitrogens is 2. The first-order valence-electron chi connectivity index (χ1n) is 8.98. The molecule has 7 heteroatoms. The maximum atomic E-state index is 13.2. The molecule has 3 aromatic rings. The predicted octanol–water partition coefficient (Wildman–Crippen LogP) is 2.13. The number of nitrogens with one attached hydrogen (secondary N) is 1. The Morgan fingerprint density at radius 3 is 2.75 bits per heavy atom. The van der Waals surface area contributed by atoms with Crippen LogP contribution in [0.1, 0.15) is 31.1 Å². The number of hydrogen-bond donors (Lipinski definition) is 1. The van der Waals surface area contributed by atoms with Gasteiger partial charge in [0.05, 0.1) is 28.5 Å². The van der Waals surface area contributed by atoms with Gasteiger partial charge in [-0.2, -0.15) is 0 Å². The number of H-pyrrole nitrogens is 1. The molecule has 0 saturated heterocycles. The smallest absolute Gasteiger partial charge is 0.338 e. The highest BCUT2D eigenvalue weighted by atomic mass is 32.1. The van der Waals surface area contributed by atoms with E-state index in [1.54, 1.807) is 30.7 Å². The van der Waals surface area contributed by atoms with E-state index in [2.05, 4.69) is 9.98 Å². The Labute approximate surface area is 165 Å². The first kappa shape index (κ1) is 18.2. The van der Waals surface area contributed by atoms with Crippen molar-refractivity contribution < 1.29 is 9.53 Å². The lowest BCUT2D eigenvalue weighted by Crippen LogP contribution is -2.39. The van der Waals surface area contributed by atoms with Gasteiger partial charge in [-0.15, -0.1) is 0 Å². The second-order valence-corrected chi connectivity index (χ2v) is 7.35. The zero-order chi connectivity index (χ0) is 19.7. The zero-order valence-electron chi connectivity index (χ0n) is 15.5. The van der Waals surface area contributed by atoms with Crippen molar-refractivity contribution >= 4 is 23.4 Å². The summed E-state index contributed by atoms with van der Waals surface area (Å²) in [5, 5.41) is 0. The minimum atomic E-state index is -0.567. The van der Waals surface area contributed by atoms with Gasteiger partial charge in [0.15, 0.2) is 4.80 Å². The van der Waals surface area contributed by atoms with Gasteiger partial charge in [0.2, 0.25) is 0 Å². The Kier molecular flexibility index (Phi) is 4.83. The van der Waals surface area contributed by atoms with Crippen LogP contribution in [0.4, 0.5) is 0 Å². The third-order valence-corrected chi connectivity index (χ3v) is 5.52. The van der Waals surface area contributed by atoms with Gasteiger partial charge < -0.3 is 9.72 Å². The monoisotopic (exact) mass is 393 g/mol. The molecule has 28 heavy (non-hydrogen) atoms. The van der Waals surface area contributed by atoms with Crippen molar-refractivity contribution in [2.24, 2.45) is 4.99 Å².